The minimum Gasteiger partial charge on any atom is -0.381 e. The molecule has 0 bridgehead atoms. The molecule has 0 spiro atoms. The Morgan fingerprint density at radius 3 is 2.64 bits per heavy atom. The van der Waals surface area contributed by atoms with E-state index in [1.807, 2.05) is 0 Å². The average molecular weight is 339 g/mol. The second-order valence-corrected chi connectivity index (χ2v) is 6.07. The SMILES string of the molecule is CC(=O)c1ccc(NC(=O)c2cncc(NCC3CCCO3)c2)cc1. The first-order valence-electron chi connectivity index (χ1n) is 8.35. The Morgan fingerprint density at radius 2 is 1.96 bits per heavy atom. The molecular weight excluding hydrogens is 318 g/mol. The van der Waals surface area contributed by atoms with Gasteiger partial charge in [0.25, 0.3) is 5.91 Å². The van der Waals surface area contributed by atoms with E-state index >= 15 is 0 Å². The average Bonchev–Trinajstić information content (AvgIpc) is 3.14. The van der Waals surface area contributed by atoms with Crippen molar-refractivity contribution in [2.24, 2.45) is 0 Å². The van der Waals surface area contributed by atoms with Crippen LogP contribution in [0.25, 0.3) is 0 Å². The monoisotopic (exact) mass is 339 g/mol. The topological polar surface area (TPSA) is 80.3 Å². The molecule has 2 heterocycles. The zero-order valence-corrected chi connectivity index (χ0v) is 14.1. The molecular formula is C19H21N3O3. The normalized spacial score (nSPS) is 16.4. The van der Waals surface area contributed by atoms with Crippen LogP contribution in [0.15, 0.2) is 42.7 Å². The van der Waals surface area contributed by atoms with Crippen molar-refractivity contribution in [3.05, 3.63) is 53.9 Å². The van der Waals surface area contributed by atoms with E-state index in [1.165, 1.54) is 13.1 Å². The van der Waals surface area contributed by atoms with Crippen LogP contribution in [0.2, 0.25) is 0 Å². The van der Waals surface area contributed by atoms with Crippen molar-refractivity contribution >= 4 is 23.1 Å². The zero-order valence-electron chi connectivity index (χ0n) is 14.1. The zero-order chi connectivity index (χ0) is 17.6. The van der Waals surface area contributed by atoms with Gasteiger partial charge in [0.05, 0.1) is 17.4 Å². The first kappa shape index (κ1) is 17.1. The van der Waals surface area contributed by atoms with Crippen molar-refractivity contribution in [3.63, 3.8) is 0 Å². The standard InChI is InChI=1S/C19H21N3O3/c1-13(23)14-4-6-16(7-5-14)22-19(24)15-9-17(11-20-10-15)21-12-18-3-2-8-25-18/h4-7,9-11,18,21H,2-3,8,12H2,1H3,(H,22,24). The van der Waals surface area contributed by atoms with Gasteiger partial charge < -0.3 is 15.4 Å². The number of pyridine rings is 1. The van der Waals surface area contributed by atoms with Gasteiger partial charge in [-0.25, -0.2) is 0 Å². The van der Waals surface area contributed by atoms with Crippen molar-refractivity contribution < 1.29 is 14.3 Å². The number of rotatable bonds is 6. The number of nitrogens with zero attached hydrogens (tertiary/aromatic N) is 1. The predicted octanol–water partition coefficient (Wildman–Crippen LogP) is 3.13. The smallest absolute Gasteiger partial charge is 0.257 e. The van der Waals surface area contributed by atoms with E-state index in [1.54, 1.807) is 36.5 Å². The molecule has 0 saturated carbocycles. The summed E-state index contributed by atoms with van der Waals surface area (Å²) in [6.45, 7) is 3.03. The number of carbonyl (C=O) groups is 2. The molecule has 1 fully saturated rings. The van der Waals surface area contributed by atoms with Gasteiger partial charge in [-0.3, -0.25) is 14.6 Å². The van der Waals surface area contributed by atoms with E-state index in [-0.39, 0.29) is 17.8 Å². The van der Waals surface area contributed by atoms with Crippen molar-refractivity contribution in [1.29, 1.82) is 0 Å². The third-order valence-corrected chi connectivity index (χ3v) is 4.11. The molecule has 1 saturated heterocycles. The summed E-state index contributed by atoms with van der Waals surface area (Å²) in [7, 11) is 0. The Balaban J connectivity index is 1.61. The van der Waals surface area contributed by atoms with Crippen molar-refractivity contribution in [2.45, 2.75) is 25.9 Å². The Bertz CT molecular complexity index is 753. The first-order chi connectivity index (χ1) is 12.1. The van der Waals surface area contributed by atoms with Gasteiger partial charge in [-0.15, -0.1) is 0 Å². The summed E-state index contributed by atoms with van der Waals surface area (Å²) in [4.78, 5) is 27.8. The summed E-state index contributed by atoms with van der Waals surface area (Å²) in [5.41, 5.74) is 2.50. The van der Waals surface area contributed by atoms with Crippen molar-refractivity contribution in [3.8, 4) is 0 Å². The van der Waals surface area contributed by atoms with Crippen molar-refractivity contribution in [2.75, 3.05) is 23.8 Å². The van der Waals surface area contributed by atoms with Crippen LogP contribution in [0, 0.1) is 0 Å². The van der Waals surface area contributed by atoms with Gasteiger partial charge in [0.15, 0.2) is 5.78 Å². The molecule has 1 atom stereocenters. The summed E-state index contributed by atoms with van der Waals surface area (Å²) in [5.74, 6) is -0.254. The van der Waals surface area contributed by atoms with Gasteiger partial charge in [-0.1, -0.05) is 0 Å². The van der Waals surface area contributed by atoms with E-state index in [9.17, 15) is 9.59 Å². The number of hydrogen-bond acceptors (Lipinski definition) is 5. The molecule has 25 heavy (non-hydrogen) atoms. The van der Waals surface area contributed by atoms with Crippen LogP contribution in [0.1, 0.15) is 40.5 Å². The Labute approximate surface area is 146 Å². The highest BCUT2D eigenvalue weighted by Gasteiger charge is 2.15. The lowest BCUT2D eigenvalue weighted by Crippen LogP contribution is -2.19. The van der Waals surface area contributed by atoms with E-state index in [0.29, 0.717) is 23.4 Å². The van der Waals surface area contributed by atoms with Crippen LogP contribution in [-0.2, 0) is 4.74 Å². The summed E-state index contributed by atoms with van der Waals surface area (Å²) in [6.07, 6.45) is 5.58. The van der Waals surface area contributed by atoms with Crippen LogP contribution in [0.4, 0.5) is 11.4 Å². The summed E-state index contributed by atoms with van der Waals surface area (Å²) in [6, 6.07) is 8.57. The number of nitrogens with one attached hydrogen (secondary N) is 2. The van der Waals surface area contributed by atoms with Crippen LogP contribution < -0.4 is 10.6 Å². The molecule has 6 nitrogen and oxygen atoms in total. The molecule has 1 amide bonds. The quantitative estimate of drug-likeness (QED) is 0.790. The van der Waals surface area contributed by atoms with Gasteiger partial charge in [0, 0.05) is 36.8 Å². The number of Topliss-reactive ketones (excluding diaryl/α,β-unsaturated/α-hetero) is 1. The van der Waals surface area contributed by atoms with E-state index < -0.39 is 0 Å². The van der Waals surface area contributed by atoms with Gasteiger partial charge in [0.1, 0.15) is 0 Å². The van der Waals surface area contributed by atoms with Crippen LogP contribution >= 0.6 is 0 Å². The first-order valence-corrected chi connectivity index (χ1v) is 8.35. The molecule has 1 aromatic heterocycles. The maximum atomic E-state index is 12.4. The molecule has 2 N–H and O–H groups in total. The Kier molecular flexibility index (Phi) is 5.40. The molecule has 1 unspecified atom stereocenters. The maximum absolute atomic E-state index is 12.4. The molecule has 1 aliphatic heterocycles. The van der Waals surface area contributed by atoms with Crippen molar-refractivity contribution in [1.82, 2.24) is 4.98 Å². The highest BCUT2D eigenvalue weighted by atomic mass is 16.5. The lowest BCUT2D eigenvalue weighted by Gasteiger charge is -2.12. The highest BCUT2D eigenvalue weighted by molar-refractivity contribution is 6.04. The van der Waals surface area contributed by atoms with Crippen LogP contribution in [0.5, 0.6) is 0 Å². The molecule has 0 aliphatic carbocycles. The summed E-state index contributed by atoms with van der Waals surface area (Å²) < 4.78 is 5.57. The van der Waals surface area contributed by atoms with Gasteiger partial charge >= 0.3 is 0 Å². The molecule has 6 heteroatoms. The molecule has 2 aromatic rings. The Morgan fingerprint density at radius 1 is 1.16 bits per heavy atom. The number of anilines is 2. The lowest BCUT2D eigenvalue weighted by molar-refractivity contribution is 0.101. The molecule has 3 rings (SSSR count). The number of ketones is 1. The maximum Gasteiger partial charge on any atom is 0.257 e. The second-order valence-electron chi connectivity index (χ2n) is 6.07. The highest BCUT2D eigenvalue weighted by Crippen LogP contribution is 2.16. The molecule has 130 valence electrons. The molecule has 0 radical (unpaired) electrons. The number of hydrogen-bond donors (Lipinski definition) is 2. The number of benzene rings is 1. The van der Waals surface area contributed by atoms with Gasteiger partial charge in [0.2, 0.25) is 0 Å². The predicted molar refractivity (Wildman–Crippen MR) is 96.1 cm³/mol. The molecule has 1 aromatic carbocycles. The van der Waals surface area contributed by atoms with Crippen LogP contribution in [0.3, 0.4) is 0 Å². The molecule has 1 aliphatic rings. The fourth-order valence-corrected chi connectivity index (χ4v) is 2.69. The van der Waals surface area contributed by atoms with Gasteiger partial charge in [-0.05, 0) is 50.1 Å². The van der Waals surface area contributed by atoms with Crippen LogP contribution in [-0.4, -0.2) is 35.9 Å². The fraction of sp³-hybridized carbons (Fsp3) is 0.316. The Hall–Kier alpha value is -2.73. The third kappa shape index (κ3) is 4.64. The lowest BCUT2D eigenvalue weighted by atomic mass is 10.1. The fourth-order valence-electron chi connectivity index (χ4n) is 2.69. The summed E-state index contributed by atoms with van der Waals surface area (Å²) in [5, 5.41) is 6.07. The summed E-state index contributed by atoms with van der Waals surface area (Å²) >= 11 is 0. The third-order valence-electron chi connectivity index (χ3n) is 4.11. The second kappa shape index (κ2) is 7.90. The number of ether oxygens (including phenoxy) is 1. The minimum atomic E-state index is -0.246. The van der Waals surface area contributed by atoms with E-state index in [2.05, 4.69) is 15.6 Å². The minimum absolute atomic E-state index is 0.00732. The number of amides is 1. The number of aromatic nitrogens is 1. The van der Waals surface area contributed by atoms with Gasteiger partial charge in [-0.2, -0.15) is 0 Å². The van der Waals surface area contributed by atoms with E-state index in [0.717, 1.165) is 25.1 Å². The number of carbonyl (C=O) groups excluding carboxylic acids is 2. The van der Waals surface area contributed by atoms with E-state index in [4.69, 9.17) is 4.74 Å². The largest absolute Gasteiger partial charge is 0.381 e.